The minimum Gasteiger partial charge on any atom is -0.462 e. The molecule has 0 unspecified atom stereocenters. The highest BCUT2D eigenvalue weighted by Gasteiger charge is 2.28. The van der Waals surface area contributed by atoms with Crippen molar-refractivity contribution in [2.75, 3.05) is 11.9 Å². The second-order valence-corrected chi connectivity index (χ2v) is 7.17. The van der Waals surface area contributed by atoms with Crippen molar-refractivity contribution in [3.63, 3.8) is 0 Å². The van der Waals surface area contributed by atoms with Crippen LogP contribution < -0.4 is 5.32 Å². The van der Waals surface area contributed by atoms with Crippen molar-refractivity contribution in [1.29, 1.82) is 0 Å². The number of hydrogen-bond donors (Lipinski definition) is 1. The smallest absolute Gasteiger partial charge is 0.341 e. The third kappa shape index (κ3) is 3.42. The number of fused-ring (bicyclic) bond motifs is 1. The number of rotatable bonds is 5. The van der Waals surface area contributed by atoms with Crippen LogP contribution in [-0.2, 0) is 17.6 Å². The molecule has 1 aromatic heterocycles. The molecule has 7 nitrogen and oxygen atoms in total. The summed E-state index contributed by atoms with van der Waals surface area (Å²) in [5.41, 5.74) is 1.05. The SMILES string of the molecule is CCOC(=O)c1c(NC(=O)c2ccc(Cl)c([N+](=O)[O-])c2)sc2c1CCC2. The van der Waals surface area contributed by atoms with Gasteiger partial charge in [-0.05, 0) is 43.9 Å². The Morgan fingerprint density at radius 2 is 2.15 bits per heavy atom. The number of esters is 1. The molecular weight excluding hydrogens is 380 g/mol. The van der Waals surface area contributed by atoms with Crippen molar-refractivity contribution in [2.45, 2.75) is 26.2 Å². The van der Waals surface area contributed by atoms with Crippen molar-refractivity contribution in [2.24, 2.45) is 0 Å². The van der Waals surface area contributed by atoms with Gasteiger partial charge in [-0.15, -0.1) is 11.3 Å². The second kappa shape index (κ2) is 7.43. The molecule has 2 aromatic rings. The Morgan fingerprint density at radius 3 is 2.85 bits per heavy atom. The standard InChI is InChI=1S/C17H15ClN2O5S/c1-2-25-17(22)14-10-4-3-5-13(10)26-16(14)19-15(21)9-6-7-11(18)12(8-9)20(23)24/h6-8H,2-5H2,1H3,(H,19,21). The van der Waals surface area contributed by atoms with Gasteiger partial charge in [0.05, 0.1) is 17.1 Å². The molecule has 0 spiro atoms. The van der Waals surface area contributed by atoms with Gasteiger partial charge >= 0.3 is 5.97 Å². The molecular formula is C17H15ClN2O5S. The van der Waals surface area contributed by atoms with Gasteiger partial charge in [-0.3, -0.25) is 14.9 Å². The Bertz CT molecular complexity index is 909. The zero-order valence-corrected chi connectivity index (χ0v) is 15.4. The lowest BCUT2D eigenvalue weighted by atomic mass is 10.1. The third-order valence-corrected chi connectivity index (χ3v) is 5.56. The van der Waals surface area contributed by atoms with E-state index in [1.54, 1.807) is 6.92 Å². The number of thiophene rings is 1. The molecule has 1 heterocycles. The van der Waals surface area contributed by atoms with Crippen LogP contribution in [-0.4, -0.2) is 23.4 Å². The van der Waals surface area contributed by atoms with Crippen LogP contribution in [0.2, 0.25) is 5.02 Å². The van der Waals surface area contributed by atoms with E-state index in [0.29, 0.717) is 10.6 Å². The van der Waals surface area contributed by atoms with Crippen molar-refractivity contribution in [3.8, 4) is 0 Å². The number of halogens is 1. The van der Waals surface area contributed by atoms with Crippen molar-refractivity contribution in [1.82, 2.24) is 0 Å². The van der Waals surface area contributed by atoms with Crippen LogP contribution in [0.4, 0.5) is 10.7 Å². The van der Waals surface area contributed by atoms with Crippen molar-refractivity contribution >= 4 is 45.5 Å². The lowest BCUT2D eigenvalue weighted by Gasteiger charge is -2.08. The topological polar surface area (TPSA) is 98.5 Å². The number of nitrogens with one attached hydrogen (secondary N) is 1. The first kappa shape index (κ1) is 18.3. The van der Waals surface area contributed by atoms with E-state index in [9.17, 15) is 19.7 Å². The van der Waals surface area contributed by atoms with Crippen LogP contribution in [0.5, 0.6) is 0 Å². The van der Waals surface area contributed by atoms with Crippen LogP contribution >= 0.6 is 22.9 Å². The van der Waals surface area contributed by atoms with Gasteiger partial charge in [0, 0.05) is 16.5 Å². The molecule has 0 bridgehead atoms. The fourth-order valence-electron chi connectivity index (χ4n) is 2.88. The molecule has 9 heteroatoms. The van der Waals surface area contributed by atoms with Crippen molar-refractivity contribution in [3.05, 3.63) is 54.9 Å². The molecule has 136 valence electrons. The normalized spacial score (nSPS) is 12.5. The van der Waals surface area contributed by atoms with Crippen LogP contribution in [0.25, 0.3) is 0 Å². The first-order valence-corrected chi connectivity index (χ1v) is 9.18. The number of aryl methyl sites for hydroxylation is 1. The van der Waals surface area contributed by atoms with Gasteiger partial charge in [-0.1, -0.05) is 11.6 Å². The van der Waals surface area contributed by atoms with E-state index in [-0.39, 0.29) is 22.9 Å². The lowest BCUT2D eigenvalue weighted by molar-refractivity contribution is -0.384. The number of carbonyl (C=O) groups is 2. The summed E-state index contributed by atoms with van der Waals surface area (Å²) in [5.74, 6) is -1.01. The predicted molar refractivity (Wildman–Crippen MR) is 98.4 cm³/mol. The average Bonchev–Trinajstić information content (AvgIpc) is 3.15. The summed E-state index contributed by atoms with van der Waals surface area (Å²) in [4.78, 5) is 36.3. The summed E-state index contributed by atoms with van der Waals surface area (Å²) in [5, 5.41) is 14.1. The number of nitro benzene ring substituents is 1. The van der Waals surface area contributed by atoms with Crippen LogP contribution in [0, 0.1) is 10.1 Å². The van der Waals surface area contributed by atoms with E-state index in [1.165, 1.54) is 23.5 Å². The predicted octanol–water partition coefficient (Wildman–Crippen LogP) is 4.23. The van der Waals surface area contributed by atoms with Gasteiger partial charge in [-0.2, -0.15) is 0 Å². The summed E-state index contributed by atoms with van der Waals surface area (Å²) in [6.07, 6.45) is 2.59. The highest BCUT2D eigenvalue weighted by molar-refractivity contribution is 7.17. The van der Waals surface area contributed by atoms with E-state index in [2.05, 4.69) is 5.32 Å². The minimum atomic E-state index is -0.650. The second-order valence-electron chi connectivity index (χ2n) is 5.66. The molecule has 0 aliphatic heterocycles. The number of ether oxygens (including phenoxy) is 1. The Labute approximate surface area is 158 Å². The Kier molecular flexibility index (Phi) is 5.24. The highest BCUT2D eigenvalue weighted by atomic mass is 35.5. The first-order valence-electron chi connectivity index (χ1n) is 7.99. The molecule has 0 saturated carbocycles. The monoisotopic (exact) mass is 394 g/mol. The molecule has 1 N–H and O–H groups in total. The van der Waals surface area contributed by atoms with Gasteiger partial charge in [0.1, 0.15) is 10.0 Å². The summed E-state index contributed by atoms with van der Waals surface area (Å²) in [6, 6.07) is 3.81. The van der Waals surface area contributed by atoms with Gasteiger partial charge < -0.3 is 10.1 Å². The number of nitrogens with zero attached hydrogens (tertiary/aromatic N) is 1. The van der Waals surface area contributed by atoms with Crippen LogP contribution in [0.3, 0.4) is 0 Å². The maximum Gasteiger partial charge on any atom is 0.341 e. The van der Waals surface area contributed by atoms with Gasteiger partial charge in [0.15, 0.2) is 0 Å². The quantitative estimate of drug-likeness (QED) is 0.465. The van der Waals surface area contributed by atoms with E-state index in [4.69, 9.17) is 16.3 Å². The number of hydrogen-bond acceptors (Lipinski definition) is 6. The van der Waals surface area contributed by atoms with Crippen molar-refractivity contribution < 1.29 is 19.2 Å². The molecule has 1 amide bonds. The summed E-state index contributed by atoms with van der Waals surface area (Å²) < 4.78 is 5.12. The number of amides is 1. The molecule has 1 aromatic carbocycles. The van der Waals surface area contributed by atoms with E-state index in [1.807, 2.05) is 0 Å². The fraction of sp³-hybridized carbons (Fsp3) is 0.294. The molecule has 0 fully saturated rings. The Balaban J connectivity index is 1.92. The minimum absolute atomic E-state index is 0.0473. The zero-order chi connectivity index (χ0) is 18.8. The molecule has 0 radical (unpaired) electrons. The molecule has 0 atom stereocenters. The maximum atomic E-state index is 12.5. The zero-order valence-electron chi connectivity index (χ0n) is 13.8. The number of carbonyl (C=O) groups excluding carboxylic acids is 2. The fourth-order valence-corrected chi connectivity index (χ4v) is 4.34. The summed E-state index contributed by atoms with van der Waals surface area (Å²) >= 11 is 7.12. The number of benzene rings is 1. The van der Waals surface area contributed by atoms with Gasteiger partial charge in [0.2, 0.25) is 0 Å². The molecule has 3 rings (SSSR count). The highest BCUT2D eigenvalue weighted by Crippen LogP contribution is 2.39. The third-order valence-electron chi connectivity index (χ3n) is 4.03. The van der Waals surface area contributed by atoms with Gasteiger partial charge in [-0.25, -0.2) is 4.79 Å². The van der Waals surface area contributed by atoms with Gasteiger partial charge in [0.25, 0.3) is 11.6 Å². The Hall–Kier alpha value is -2.45. The summed E-state index contributed by atoms with van der Waals surface area (Å²) in [7, 11) is 0. The molecule has 1 aliphatic carbocycles. The average molecular weight is 395 g/mol. The molecule has 1 aliphatic rings. The molecule has 26 heavy (non-hydrogen) atoms. The Morgan fingerprint density at radius 1 is 1.38 bits per heavy atom. The van der Waals surface area contributed by atoms with E-state index in [0.717, 1.165) is 35.8 Å². The summed E-state index contributed by atoms with van der Waals surface area (Å²) in [6.45, 7) is 1.95. The van der Waals surface area contributed by atoms with E-state index >= 15 is 0 Å². The van der Waals surface area contributed by atoms with E-state index < -0.39 is 16.8 Å². The van der Waals surface area contributed by atoms with Crippen LogP contribution in [0.15, 0.2) is 18.2 Å². The van der Waals surface area contributed by atoms with Crippen LogP contribution in [0.1, 0.15) is 44.5 Å². The largest absolute Gasteiger partial charge is 0.462 e. The number of nitro groups is 1. The first-order chi connectivity index (χ1) is 12.4. The maximum absolute atomic E-state index is 12.5. The molecule has 0 saturated heterocycles. The number of anilines is 1. The lowest BCUT2D eigenvalue weighted by Crippen LogP contribution is -2.15.